The van der Waals surface area contributed by atoms with Gasteiger partial charge in [0.15, 0.2) is 0 Å². The number of aliphatic hydroxyl groups is 1. The van der Waals surface area contributed by atoms with Gasteiger partial charge in [-0.1, -0.05) is 90.7 Å². The molecule has 0 aliphatic carbocycles. The molecule has 1 spiro atoms. The van der Waals surface area contributed by atoms with Crippen molar-refractivity contribution >= 4 is 35.3 Å². The van der Waals surface area contributed by atoms with Crippen LogP contribution >= 0.6 is 0 Å². The average Bonchev–Trinajstić information content (AvgIpc) is 3.81. The lowest BCUT2D eigenvalue weighted by Crippen LogP contribution is -2.53. The number of hydrogen-bond acceptors (Lipinski definition) is 12. The fourth-order valence-corrected chi connectivity index (χ4v) is 9.65. The van der Waals surface area contributed by atoms with Crippen LogP contribution in [0.15, 0.2) is 152 Å². The average molecular weight is 900 g/mol. The van der Waals surface area contributed by atoms with Gasteiger partial charge in [-0.2, -0.15) is 0 Å². The summed E-state index contributed by atoms with van der Waals surface area (Å²) < 4.78 is 23.6. The number of benzene rings is 6. The van der Waals surface area contributed by atoms with Crippen LogP contribution in [0.2, 0.25) is 0 Å². The summed E-state index contributed by atoms with van der Waals surface area (Å²) in [4.78, 5) is 73.4. The first kappa shape index (κ1) is 43.9. The smallest absolute Gasteiger partial charge is 0.421 e. The van der Waals surface area contributed by atoms with Gasteiger partial charge in [-0.25, -0.2) is 9.69 Å². The van der Waals surface area contributed by atoms with Crippen molar-refractivity contribution in [2.75, 3.05) is 25.2 Å². The van der Waals surface area contributed by atoms with Gasteiger partial charge in [0.2, 0.25) is 5.91 Å². The highest BCUT2D eigenvalue weighted by atomic mass is 16.6. The Morgan fingerprint density at radius 2 is 1.45 bits per heavy atom. The molecule has 3 aliphatic heterocycles. The molecule has 67 heavy (non-hydrogen) atoms. The van der Waals surface area contributed by atoms with E-state index in [0.717, 1.165) is 4.90 Å². The Kier molecular flexibility index (Phi) is 12.0. The van der Waals surface area contributed by atoms with Crippen molar-refractivity contribution in [3.8, 4) is 23.3 Å². The van der Waals surface area contributed by atoms with Gasteiger partial charge in [0.05, 0.1) is 36.4 Å². The van der Waals surface area contributed by atoms with Crippen LogP contribution in [-0.2, 0) is 35.9 Å². The molecule has 0 bridgehead atoms. The molecule has 3 aliphatic rings. The van der Waals surface area contributed by atoms with Crippen molar-refractivity contribution < 1.29 is 53.3 Å². The molecule has 6 aromatic rings. The largest absolute Gasteiger partial charge is 0.497 e. The molecule has 15 heteroatoms. The van der Waals surface area contributed by atoms with Crippen molar-refractivity contribution in [3.05, 3.63) is 201 Å². The third kappa shape index (κ3) is 7.77. The molecule has 0 saturated carbocycles. The summed E-state index contributed by atoms with van der Waals surface area (Å²) in [7, 11) is 1.55. The zero-order chi connectivity index (χ0) is 46.8. The minimum absolute atomic E-state index is 0.0113. The summed E-state index contributed by atoms with van der Waals surface area (Å²) in [6.45, 7) is -0.959. The number of esters is 1. The van der Waals surface area contributed by atoms with E-state index in [1.807, 2.05) is 36.4 Å². The van der Waals surface area contributed by atoms with E-state index in [0.29, 0.717) is 39.1 Å². The molecule has 2 N–H and O–H groups in total. The minimum Gasteiger partial charge on any atom is -0.497 e. The number of non-ortho nitro benzene ring substituents is 1. The number of methoxy groups -OCH3 is 1. The van der Waals surface area contributed by atoms with E-state index in [2.05, 4.69) is 11.8 Å². The van der Waals surface area contributed by atoms with E-state index in [9.17, 15) is 34.7 Å². The number of nitro groups is 1. The number of anilines is 1. The first-order chi connectivity index (χ1) is 32.6. The molecular weight excluding hydrogens is 859 g/mol. The zero-order valence-electron chi connectivity index (χ0n) is 35.8. The number of rotatable bonds is 11. The Hall–Kier alpha value is -8.32. The Morgan fingerprint density at radius 3 is 2.10 bits per heavy atom. The number of ether oxygens (including phenoxy) is 4. The van der Waals surface area contributed by atoms with E-state index in [1.165, 1.54) is 30.3 Å². The lowest BCUT2D eigenvalue weighted by atomic mass is 9.65. The molecule has 0 radical (unpaired) electrons. The highest BCUT2D eigenvalue weighted by Crippen LogP contribution is 2.66. The highest BCUT2D eigenvalue weighted by molar-refractivity contribution is 6.23. The molecule has 2 amide bonds. The van der Waals surface area contributed by atoms with Crippen LogP contribution in [0.25, 0.3) is 0 Å². The maximum absolute atomic E-state index is 16.2. The number of amides is 2. The summed E-state index contributed by atoms with van der Waals surface area (Å²) in [6.07, 6.45) is -2.19. The number of carbonyl (C=O) groups excluding carboxylic acids is 3. The van der Waals surface area contributed by atoms with Crippen molar-refractivity contribution in [1.29, 1.82) is 0 Å². The normalized spacial score (nSPS) is 21.6. The Balaban J connectivity index is 1.30. The van der Waals surface area contributed by atoms with Crippen molar-refractivity contribution in [1.82, 2.24) is 4.90 Å². The number of carboxylic acid groups (broad SMARTS) is 1. The fourth-order valence-electron chi connectivity index (χ4n) is 9.65. The third-order valence-corrected chi connectivity index (χ3v) is 12.4. The summed E-state index contributed by atoms with van der Waals surface area (Å²) in [5, 5.41) is 33.0. The second-order valence-electron chi connectivity index (χ2n) is 16.0. The number of imide groups is 1. The number of aliphatic carboxylic acids is 1. The molecule has 6 atom stereocenters. The first-order valence-corrected chi connectivity index (χ1v) is 21.2. The van der Waals surface area contributed by atoms with Crippen LogP contribution in [0.1, 0.15) is 57.1 Å². The molecule has 3 heterocycles. The predicted octanol–water partition coefficient (Wildman–Crippen LogP) is 7.46. The second-order valence-corrected chi connectivity index (χ2v) is 16.0. The topological polar surface area (TPSA) is 195 Å². The number of carbonyl (C=O) groups is 4. The number of nitrogens with zero attached hydrogens (tertiary/aromatic N) is 3. The Labute approximate surface area is 383 Å². The molecule has 0 aromatic heterocycles. The number of nitro benzene ring substituents is 1. The van der Waals surface area contributed by atoms with Crippen LogP contribution in [0, 0.1) is 27.9 Å². The van der Waals surface area contributed by atoms with E-state index in [1.54, 1.807) is 96.9 Å². The van der Waals surface area contributed by atoms with E-state index in [4.69, 9.17) is 18.9 Å². The quantitative estimate of drug-likeness (QED) is 0.0564. The van der Waals surface area contributed by atoms with Gasteiger partial charge in [0.1, 0.15) is 48.2 Å². The molecule has 6 aromatic carbocycles. The van der Waals surface area contributed by atoms with Gasteiger partial charge in [-0.3, -0.25) is 29.4 Å². The zero-order valence-corrected chi connectivity index (χ0v) is 35.8. The van der Waals surface area contributed by atoms with Crippen molar-refractivity contribution in [2.45, 2.75) is 36.3 Å². The SMILES string of the molecule is COc1ccc(C#Cc2ccc3c(c2)[C@]2(C(=O)N3C(=O)OCc3ccc([N+](=O)[O-])cc3)[C@H](C(=O)O)[C@H]3C(=O)O[C@H](c4ccccc4)[C@H](c4ccccc4)N3[C@@H]2c2ccccc2OCCO)cc1. The fraction of sp³-hybridized carbons (Fsp3) is 0.192. The van der Waals surface area contributed by atoms with Crippen LogP contribution in [-0.4, -0.2) is 70.3 Å². The number of aliphatic hydroxyl groups excluding tert-OH is 1. The number of morpholine rings is 1. The highest BCUT2D eigenvalue weighted by Gasteiger charge is 2.76. The van der Waals surface area contributed by atoms with Gasteiger partial charge in [0.25, 0.3) is 5.69 Å². The lowest BCUT2D eigenvalue weighted by molar-refractivity contribution is -0.384. The monoisotopic (exact) mass is 899 g/mol. The van der Waals surface area contributed by atoms with Crippen LogP contribution in [0.5, 0.6) is 11.5 Å². The lowest BCUT2D eigenvalue weighted by Gasteiger charge is -2.46. The first-order valence-electron chi connectivity index (χ1n) is 21.2. The van der Waals surface area contributed by atoms with Gasteiger partial charge in [-0.05, 0) is 82.9 Å². The van der Waals surface area contributed by atoms with Crippen LogP contribution in [0.3, 0.4) is 0 Å². The van der Waals surface area contributed by atoms with Gasteiger partial charge < -0.3 is 29.2 Å². The Morgan fingerprint density at radius 1 is 0.806 bits per heavy atom. The van der Waals surface area contributed by atoms with E-state index >= 15 is 4.79 Å². The van der Waals surface area contributed by atoms with Crippen molar-refractivity contribution in [2.24, 2.45) is 5.92 Å². The van der Waals surface area contributed by atoms with Gasteiger partial charge >= 0.3 is 18.0 Å². The molecule has 2 fully saturated rings. The summed E-state index contributed by atoms with van der Waals surface area (Å²) >= 11 is 0. The van der Waals surface area contributed by atoms with Gasteiger partial charge in [0, 0.05) is 28.8 Å². The molecule has 15 nitrogen and oxygen atoms in total. The number of para-hydroxylation sites is 1. The number of cyclic esters (lactones) is 1. The summed E-state index contributed by atoms with van der Waals surface area (Å²) in [5.74, 6) is 1.71. The molecule has 0 unspecified atom stereocenters. The molecule has 2 saturated heterocycles. The number of fused-ring (bicyclic) bond motifs is 3. The molecule has 336 valence electrons. The molecule has 9 rings (SSSR count). The summed E-state index contributed by atoms with van der Waals surface area (Å²) in [5.41, 5.74) is 0.452. The minimum atomic E-state index is -2.31. The second kappa shape index (κ2) is 18.3. The van der Waals surface area contributed by atoms with Crippen LogP contribution in [0.4, 0.5) is 16.2 Å². The third-order valence-electron chi connectivity index (χ3n) is 12.4. The van der Waals surface area contributed by atoms with Crippen molar-refractivity contribution in [3.63, 3.8) is 0 Å². The predicted molar refractivity (Wildman–Crippen MR) is 241 cm³/mol. The standard InChI is InChI=1S/C52H41N3O12/c1-64-38-25-20-32(21-26-38)16-17-33-22-27-41-40(30-33)52(50(60)53(41)51(61)66-31-34-18-23-37(24-19-34)55(62)63)43(48(57)58)45-49(59)67-46(36-12-6-3-7-13-36)44(35-10-4-2-5-11-35)54(45)47(52)39-14-8-9-15-42(39)65-29-28-56/h2-15,18-27,30,43-47,56H,28-29,31H2,1H3,(H,57,58)/t43-,44-,45-,46+,47+,52-/m0/s1. The van der Waals surface area contributed by atoms with E-state index < -0.39 is 71.0 Å². The Bertz CT molecular complexity index is 2940. The summed E-state index contributed by atoms with van der Waals surface area (Å²) in [6, 6.07) is 37.9. The van der Waals surface area contributed by atoms with Crippen LogP contribution < -0.4 is 14.4 Å². The maximum Gasteiger partial charge on any atom is 0.421 e. The van der Waals surface area contributed by atoms with E-state index in [-0.39, 0.29) is 35.9 Å². The maximum atomic E-state index is 16.2. The van der Waals surface area contributed by atoms with Gasteiger partial charge in [-0.15, -0.1) is 0 Å². The number of carboxylic acids is 1. The molecular formula is C52H41N3O12. The number of hydrogen-bond donors (Lipinski definition) is 2.